The molecular formula is C31H37N5O3. The summed E-state index contributed by atoms with van der Waals surface area (Å²) in [7, 11) is 1.40. The van der Waals surface area contributed by atoms with Crippen LogP contribution in [0, 0.1) is 17.2 Å². The number of hydrogen-bond donors (Lipinski definition) is 0. The van der Waals surface area contributed by atoms with E-state index in [2.05, 4.69) is 20.5 Å². The lowest BCUT2D eigenvalue weighted by Gasteiger charge is -2.43. The molecule has 1 fully saturated rings. The summed E-state index contributed by atoms with van der Waals surface area (Å²) in [5, 5.41) is 9.05. The average Bonchev–Trinajstić information content (AvgIpc) is 3.42. The molecule has 8 nitrogen and oxygen atoms in total. The fourth-order valence-corrected chi connectivity index (χ4v) is 5.30. The van der Waals surface area contributed by atoms with Gasteiger partial charge in [0.15, 0.2) is 0 Å². The van der Waals surface area contributed by atoms with Crippen LogP contribution in [0.1, 0.15) is 60.3 Å². The Hall–Kier alpha value is -3.96. The van der Waals surface area contributed by atoms with Crippen LogP contribution in [0.2, 0.25) is 0 Å². The Bertz CT molecular complexity index is 1270. The molecule has 0 spiro atoms. The predicted octanol–water partition coefficient (Wildman–Crippen LogP) is 4.50. The minimum atomic E-state index is -0.627. The van der Waals surface area contributed by atoms with Crippen LogP contribution in [0.25, 0.3) is 0 Å². The second-order valence-electron chi connectivity index (χ2n) is 10.3. The molecule has 0 N–H and O–H groups in total. The lowest BCUT2D eigenvalue weighted by Crippen LogP contribution is -2.56. The van der Waals surface area contributed by atoms with E-state index in [1.165, 1.54) is 7.11 Å². The number of benzene rings is 2. The van der Waals surface area contributed by atoms with Gasteiger partial charge in [0.05, 0.1) is 30.8 Å². The largest absolute Gasteiger partial charge is 0.467 e. The van der Waals surface area contributed by atoms with Crippen molar-refractivity contribution in [2.24, 2.45) is 5.92 Å². The highest BCUT2D eigenvalue weighted by atomic mass is 16.5. The summed E-state index contributed by atoms with van der Waals surface area (Å²) in [4.78, 5) is 35.3. The summed E-state index contributed by atoms with van der Waals surface area (Å²) in [5.74, 6) is -0.507. The number of nitrogens with zero attached hydrogens (tertiary/aromatic N) is 5. The van der Waals surface area contributed by atoms with Crippen LogP contribution in [-0.2, 0) is 22.6 Å². The second-order valence-corrected chi connectivity index (χ2v) is 10.3. The van der Waals surface area contributed by atoms with E-state index in [4.69, 9.17) is 10.00 Å². The number of piperidine rings is 1. The Balaban J connectivity index is 1.47. The maximum Gasteiger partial charge on any atom is 0.328 e. The van der Waals surface area contributed by atoms with Crippen LogP contribution < -0.4 is 0 Å². The number of carbonyl (C=O) groups excluding carboxylic acids is 2. The zero-order valence-corrected chi connectivity index (χ0v) is 23.0. The lowest BCUT2D eigenvalue weighted by molar-refractivity contribution is -0.149. The number of ether oxygens (including phenoxy) is 1. The molecule has 1 aromatic heterocycles. The highest BCUT2D eigenvalue weighted by molar-refractivity contribution is 5.97. The van der Waals surface area contributed by atoms with Gasteiger partial charge in [0.2, 0.25) is 0 Å². The Morgan fingerprint density at radius 1 is 1.10 bits per heavy atom. The monoisotopic (exact) mass is 527 g/mol. The maximum absolute atomic E-state index is 13.8. The molecule has 0 aliphatic carbocycles. The van der Waals surface area contributed by atoms with Gasteiger partial charge in [-0.25, -0.2) is 9.78 Å². The fourth-order valence-electron chi connectivity index (χ4n) is 5.30. The van der Waals surface area contributed by atoms with Crippen molar-refractivity contribution < 1.29 is 14.3 Å². The van der Waals surface area contributed by atoms with Crippen LogP contribution in [0.4, 0.5) is 0 Å². The van der Waals surface area contributed by atoms with Gasteiger partial charge in [0.1, 0.15) is 6.04 Å². The van der Waals surface area contributed by atoms with E-state index in [9.17, 15) is 9.59 Å². The number of nitriles is 1. The van der Waals surface area contributed by atoms with Crippen molar-refractivity contribution in [2.75, 3.05) is 20.2 Å². The van der Waals surface area contributed by atoms with E-state index in [1.54, 1.807) is 0 Å². The van der Waals surface area contributed by atoms with Crippen LogP contribution in [0.15, 0.2) is 67.1 Å². The third-order valence-corrected chi connectivity index (χ3v) is 7.75. The van der Waals surface area contributed by atoms with E-state index in [1.807, 2.05) is 85.9 Å². The zero-order valence-electron chi connectivity index (χ0n) is 23.0. The van der Waals surface area contributed by atoms with Gasteiger partial charge < -0.3 is 14.2 Å². The van der Waals surface area contributed by atoms with E-state index in [0.717, 1.165) is 50.2 Å². The standard InChI is InChI=1S/C31H37N5O3/c1-4-23(2)29(31(38)39-3)36(30(37)26-8-6-5-7-9-26)27-14-16-34(17-15-27)21-28-19-33-22-35(28)20-25-12-10-24(18-32)11-13-25/h5-13,19,22-23,27,29H,4,14-17,20-21H2,1-3H3/t23-,29-/m0/s1. The van der Waals surface area contributed by atoms with E-state index >= 15 is 0 Å². The number of likely N-dealkylation sites (tertiary alicyclic amines) is 1. The van der Waals surface area contributed by atoms with Crippen LogP contribution in [-0.4, -0.2) is 63.5 Å². The minimum absolute atomic E-state index is 0.0280. The van der Waals surface area contributed by atoms with Gasteiger partial charge in [-0.2, -0.15) is 5.26 Å². The second kappa shape index (κ2) is 13.2. The van der Waals surface area contributed by atoms with Crippen molar-refractivity contribution in [3.05, 3.63) is 89.5 Å². The molecule has 2 aromatic carbocycles. The van der Waals surface area contributed by atoms with Crippen molar-refractivity contribution in [1.82, 2.24) is 19.4 Å². The van der Waals surface area contributed by atoms with Gasteiger partial charge in [-0.05, 0) is 48.6 Å². The third kappa shape index (κ3) is 6.73. The number of esters is 1. The third-order valence-electron chi connectivity index (χ3n) is 7.75. The Morgan fingerprint density at radius 2 is 1.79 bits per heavy atom. The molecule has 2 heterocycles. The summed E-state index contributed by atoms with van der Waals surface area (Å²) in [6.07, 6.45) is 6.05. The summed E-state index contributed by atoms with van der Waals surface area (Å²) < 4.78 is 7.32. The molecule has 8 heteroatoms. The van der Waals surface area contributed by atoms with Crippen LogP contribution >= 0.6 is 0 Å². The average molecular weight is 528 g/mol. The highest BCUT2D eigenvalue weighted by Gasteiger charge is 2.40. The van der Waals surface area contributed by atoms with Crippen molar-refractivity contribution >= 4 is 11.9 Å². The number of imidazole rings is 1. The van der Waals surface area contributed by atoms with Crippen LogP contribution in [0.3, 0.4) is 0 Å². The maximum atomic E-state index is 13.8. The van der Waals surface area contributed by atoms with Gasteiger partial charge in [-0.1, -0.05) is 50.6 Å². The lowest BCUT2D eigenvalue weighted by atomic mass is 9.92. The fraction of sp³-hybridized carbons (Fsp3) is 0.419. The molecule has 1 aliphatic heterocycles. The number of rotatable bonds is 10. The van der Waals surface area contributed by atoms with E-state index in [-0.39, 0.29) is 23.8 Å². The number of hydrogen-bond acceptors (Lipinski definition) is 6. The zero-order chi connectivity index (χ0) is 27.8. The van der Waals surface area contributed by atoms with Crippen molar-refractivity contribution in [1.29, 1.82) is 5.26 Å². The number of methoxy groups -OCH3 is 1. The van der Waals surface area contributed by atoms with Crippen molar-refractivity contribution in [2.45, 2.75) is 58.3 Å². The summed E-state index contributed by atoms with van der Waals surface area (Å²) in [6.45, 7) is 7.10. The molecule has 0 bridgehead atoms. The van der Waals surface area contributed by atoms with E-state index < -0.39 is 6.04 Å². The Kier molecular flexibility index (Phi) is 9.50. The summed E-state index contributed by atoms with van der Waals surface area (Å²) in [5.41, 5.74) is 3.46. The van der Waals surface area contributed by atoms with Crippen LogP contribution in [0.5, 0.6) is 0 Å². The molecule has 3 aromatic rings. The molecule has 1 amide bonds. The Labute approximate surface area is 230 Å². The van der Waals surface area contributed by atoms with Gasteiger partial charge in [-0.3, -0.25) is 9.69 Å². The van der Waals surface area contributed by atoms with Gasteiger partial charge in [-0.15, -0.1) is 0 Å². The molecule has 0 unspecified atom stereocenters. The molecule has 1 aliphatic rings. The van der Waals surface area contributed by atoms with Crippen molar-refractivity contribution in [3.8, 4) is 6.07 Å². The summed E-state index contributed by atoms with van der Waals surface area (Å²) in [6, 6.07) is 18.3. The molecule has 4 rings (SSSR count). The smallest absolute Gasteiger partial charge is 0.328 e. The van der Waals surface area contributed by atoms with Crippen molar-refractivity contribution in [3.63, 3.8) is 0 Å². The first-order valence-corrected chi connectivity index (χ1v) is 13.6. The molecule has 0 saturated carbocycles. The quantitative estimate of drug-likeness (QED) is 0.361. The number of aromatic nitrogens is 2. The first-order valence-electron chi connectivity index (χ1n) is 13.6. The number of carbonyl (C=O) groups is 2. The highest BCUT2D eigenvalue weighted by Crippen LogP contribution is 2.27. The molecule has 39 heavy (non-hydrogen) atoms. The first-order chi connectivity index (χ1) is 18.9. The summed E-state index contributed by atoms with van der Waals surface area (Å²) >= 11 is 0. The molecular weight excluding hydrogens is 490 g/mol. The van der Waals surface area contributed by atoms with Gasteiger partial charge in [0, 0.05) is 44.0 Å². The Morgan fingerprint density at radius 3 is 2.41 bits per heavy atom. The predicted molar refractivity (Wildman–Crippen MR) is 149 cm³/mol. The molecule has 1 saturated heterocycles. The topological polar surface area (TPSA) is 91.5 Å². The molecule has 204 valence electrons. The normalized spacial score (nSPS) is 15.7. The van der Waals surface area contributed by atoms with E-state index in [0.29, 0.717) is 17.7 Å². The number of amides is 1. The first kappa shape index (κ1) is 28.1. The van der Waals surface area contributed by atoms with Gasteiger partial charge in [0.25, 0.3) is 5.91 Å². The molecule has 2 atom stereocenters. The SMILES string of the molecule is CC[C@H](C)[C@@H](C(=O)OC)N(C(=O)c1ccccc1)C1CCN(Cc2cncn2Cc2ccc(C#N)cc2)CC1. The molecule has 0 radical (unpaired) electrons. The minimum Gasteiger partial charge on any atom is -0.467 e. The van der Waals surface area contributed by atoms with Gasteiger partial charge >= 0.3 is 5.97 Å².